The van der Waals surface area contributed by atoms with Crippen molar-refractivity contribution in [3.8, 4) is 0 Å². The normalized spacial score (nSPS) is 21.1. The smallest absolute Gasteiger partial charge is 0.239 e. The Kier molecular flexibility index (Phi) is 3.97. The highest BCUT2D eigenvalue weighted by Crippen LogP contribution is 2.22. The average molecular weight is 250 g/mol. The lowest BCUT2D eigenvalue weighted by Gasteiger charge is -2.26. The number of nitrogens with two attached hydrogens (primary N) is 1. The number of carbonyl (C=O) groups is 1. The van der Waals surface area contributed by atoms with Crippen LogP contribution in [0.3, 0.4) is 0 Å². The average Bonchev–Trinajstić information content (AvgIpc) is 2.79. The van der Waals surface area contributed by atoms with E-state index in [1.807, 2.05) is 4.90 Å². The molecule has 98 valence electrons. The van der Waals surface area contributed by atoms with Crippen LogP contribution < -0.4 is 5.73 Å². The first-order valence-corrected chi connectivity index (χ1v) is 6.38. The van der Waals surface area contributed by atoms with Crippen molar-refractivity contribution in [3.05, 3.63) is 35.6 Å². The van der Waals surface area contributed by atoms with Gasteiger partial charge in [-0.2, -0.15) is 0 Å². The van der Waals surface area contributed by atoms with Crippen LogP contribution in [0.5, 0.6) is 0 Å². The van der Waals surface area contributed by atoms with E-state index in [1.54, 1.807) is 19.1 Å². The second-order valence-electron chi connectivity index (χ2n) is 4.95. The molecule has 1 fully saturated rings. The summed E-state index contributed by atoms with van der Waals surface area (Å²) in [6, 6.07) is 6.24. The molecule has 1 heterocycles. The van der Waals surface area contributed by atoms with Gasteiger partial charge in [0.1, 0.15) is 5.82 Å². The van der Waals surface area contributed by atoms with Crippen LogP contribution in [0, 0.1) is 5.82 Å². The van der Waals surface area contributed by atoms with Crippen LogP contribution in [0.1, 0.15) is 25.3 Å². The van der Waals surface area contributed by atoms with Gasteiger partial charge in [0.25, 0.3) is 0 Å². The zero-order valence-electron chi connectivity index (χ0n) is 10.6. The van der Waals surface area contributed by atoms with E-state index >= 15 is 0 Å². The summed E-state index contributed by atoms with van der Waals surface area (Å²) < 4.78 is 12.8. The zero-order valence-corrected chi connectivity index (χ0v) is 10.6. The van der Waals surface area contributed by atoms with Crippen LogP contribution in [0.4, 0.5) is 4.39 Å². The number of carbonyl (C=O) groups excluding carboxylic acids is 1. The SMILES string of the molecule is C[C@@H](N)C(=O)N1CCCC1Cc1ccc(F)cc1. The lowest BCUT2D eigenvalue weighted by Crippen LogP contribution is -2.45. The van der Waals surface area contributed by atoms with Crippen molar-refractivity contribution in [3.63, 3.8) is 0 Å². The summed E-state index contributed by atoms with van der Waals surface area (Å²) in [6.07, 6.45) is 2.79. The molecule has 0 bridgehead atoms. The Bertz CT molecular complexity index is 416. The number of hydrogen-bond acceptors (Lipinski definition) is 2. The standard InChI is InChI=1S/C14H19FN2O/c1-10(16)14(18)17-8-2-3-13(17)9-11-4-6-12(15)7-5-11/h4-7,10,13H,2-3,8-9,16H2,1H3/t10-,13?/m1/s1. The van der Waals surface area contributed by atoms with Crippen molar-refractivity contribution < 1.29 is 9.18 Å². The van der Waals surface area contributed by atoms with Gasteiger partial charge in [0.15, 0.2) is 0 Å². The number of benzene rings is 1. The number of nitrogens with zero attached hydrogens (tertiary/aromatic N) is 1. The highest BCUT2D eigenvalue weighted by atomic mass is 19.1. The molecule has 0 saturated carbocycles. The molecular weight excluding hydrogens is 231 g/mol. The van der Waals surface area contributed by atoms with Gasteiger partial charge in [0.05, 0.1) is 6.04 Å². The first-order valence-electron chi connectivity index (χ1n) is 6.38. The summed E-state index contributed by atoms with van der Waals surface area (Å²) >= 11 is 0. The van der Waals surface area contributed by atoms with Crippen molar-refractivity contribution >= 4 is 5.91 Å². The highest BCUT2D eigenvalue weighted by Gasteiger charge is 2.30. The van der Waals surface area contributed by atoms with E-state index in [1.165, 1.54) is 12.1 Å². The first-order chi connectivity index (χ1) is 8.58. The molecule has 0 radical (unpaired) electrons. The van der Waals surface area contributed by atoms with Gasteiger partial charge in [0, 0.05) is 12.6 Å². The molecule has 2 rings (SSSR count). The van der Waals surface area contributed by atoms with Gasteiger partial charge in [-0.1, -0.05) is 12.1 Å². The maximum Gasteiger partial charge on any atom is 0.239 e. The fraction of sp³-hybridized carbons (Fsp3) is 0.500. The molecule has 3 nitrogen and oxygen atoms in total. The molecule has 1 saturated heterocycles. The molecule has 2 N–H and O–H groups in total. The molecule has 1 aliphatic rings. The predicted molar refractivity (Wildman–Crippen MR) is 68.5 cm³/mol. The molecule has 0 aliphatic carbocycles. The van der Waals surface area contributed by atoms with Gasteiger partial charge in [0.2, 0.25) is 5.91 Å². The van der Waals surface area contributed by atoms with Crippen molar-refractivity contribution in [2.45, 2.75) is 38.3 Å². The third-order valence-corrected chi connectivity index (χ3v) is 3.43. The van der Waals surface area contributed by atoms with E-state index in [9.17, 15) is 9.18 Å². The molecular formula is C14H19FN2O. The maximum atomic E-state index is 12.8. The molecule has 1 aromatic rings. The topological polar surface area (TPSA) is 46.3 Å². The summed E-state index contributed by atoms with van der Waals surface area (Å²) in [5, 5.41) is 0. The van der Waals surface area contributed by atoms with Crippen molar-refractivity contribution in [1.82, 2.24) is 4.90 Å². The fourth-order valence-corrected chi connectivity index (χ4v) is 2.49. The molecule has 4 heteroatoms. The van der Waals surface area contributed by atoms with E-state index in [0.29, 0.717) is 0 Å². The minimum atomic E-state index is -0.446. The van der Waals surface area contributed by atoms with E-state index in [0.717, 1.165) is 31.4 Å². The summed E-state index contributed by atoms with van der Waals surface area (Å²) in [5.74, 6) is -0.215. The third-order valence-electron chi connectivity index (χ3n) is 3.43. The quantitative estimate of drug-likeness (QED) is 0.887. The summed E-state index contributed by atoms with van der Waals surface area (Å²) in [7, 11) is 0. The predicted octanol–water partition coefficient (Wildman–Crippen LogP) is 1.71. The Labute approximate surface area is 107 Å². The van der Waals surface area contributed by atoms with Gasteiger partial charge >= 0.3 is 0 Å². The summed E-state index contributed by atoms with van der Waals surface area (Å²) in [5.41, 5.74) is 6.71. The fourth-order valence-electron chi connectivity index (χ4n) is 2.49. The minimum Gasteiger partial charge on any atom is -0.338 e. The molecule has 1 amide bonds. The summed E-state index contributed by atoms with van der Waals surface area (Å²) in [4.78, 5) is 13.8. The van der Waals surface area contributed by atoms with Crippen LogP contribution in [0.2, 0.25) is 0 Å². The van der Waals surface area contributed by atoms with Gasteiger partial charge < -0.3 is 10.6 Å². The Morgan fingerprint density at radius 1 is 1.50 bits per heavy atom. The Balaban J connectivity index is 2.04. The van der Waals surface area contributed by atoms with E-state index in [4.69, 9.17) is 5.73 Å². The Hall–Kier alpha value is -1.42. The molecule has 2 atom stereocenters. The number of likely N-dealkylation sites (tertiary alicyclic amines) is 1. The zero-order chi connectivity index (χ0) is 13.1. The molecule has 1 aromatic carbocycles. The number of amides is 1. The number of rotatable bonds is 3. The Morgan fingerprint density at radius 3 is 2.78 bits per heavy atom. The van der Waals surface area contributed by atoms with Crippen LogP contribution in [-0.2, 0) is 11.2 Å². The molecule has 18 heavy (non-hydrogen) atoms. The molecule has 0 aromatic heterocycles. The minimum absolute atomic E-state index is 0.0135. The van der Waals surface area contributed by atoms with E-state index in [-0.39, 0.29) is 17.8 Å². The van der Waals surface area contributed by atoms with E-state index in [2.05, 4.69) is 0 Å². The Morgan fingerprint density at radius 2 is 2.17 bits per heavy atom. The monoisotopic (exact) mass is 250 g/mol. The lowest BCUT2D eigenvalue weighted by atomic mass is 10.0. The molecule has 0 spiro atoms. The van der Waals surface area contributed by atoms with Crippen molar-refractivity contribution in [2.24, 2.45) is 5.73 Å². The van der Waals surface area contributed by atoms with Gasteiger partial charge in [-0.15, -0.1) is 0 Å². The largest absolute Gasteiger partial charge is 0.338 e. The van der Waals surface area contributed by atoms with Gasteiger partial charge in [-0.3, -0.25) is 4.79 Å². The van der Waals surface area contributed by atoms with Crippen LogP contribution in [-0.4, -0.2) is 29.4 Å². The lowest BCUT2D eigenvalue weighted by molar-refractivity contribution is -0.132. The number of halogens is 1. The van der Waals surface area contributed by atoms with Crippen LogP contribution in [0.15, 0.2) is 24.3 Å². The first kappa shape index (κ1) is 13.0. The molecule has 1 aliphatic heterocycles. The van der Waals surface area contributed by atoms with Crippen LogP contribution >= 0.6 is 0 Å². The van der Waals surface area contributed by atoms with Crippen LogP contribution in [0.25, 0.3) is 0 Å². The third kappa shape index (κ3) is 2.88. The van der Waals surface area contributed by atoms with Crippen molar-refractivity contribution in [2.75, 3.05) is 6.54 Å². The summed E-state index contributed by atoms with van der Waals surface area (Å²) in [6.45, 7) is 2.50. The van der Waals surface area contributed by atoms with Gasteiger partial charge in [-0.05, 0) is 43.9 Å². The molecule has 1 unspecified atom stereocenters. The number of hydrogen-bond donors (Lipinski definition) is 1. The van der Waals surface area contributed by atoms with E-state index < -0.39 is 6.04 Å². The second kappa shape index (κ2) is 5.48. The maximum absolute atomic E-state index is 12.8. The highest BCUT2D eigenvalue weighted by molar-refractivity contribution is 5.81. The van der Waals surface area contributed by atoms with Crippen molar-refractivity contribution in [1.29, 1.82) is 0 Å². The van der Waals surface area contributed by atoms with Gasteiger partial charge in [-0.25, -0.2) is 4.39 Å². The second-order valence-corrected chi connectivity index (χ2v) is 4.95.